The highest BCUT2D eigenvalue weighted by molar-refractivity contribution is 8.00. The number of nitrogens with one attached hydrogen (secondary N) is 1. The van der Waals surface area contributed by atoms with Crippen molar-refractivity contribution >= 4 is 11.8 Å². The Morgan fingerprint density at radius 3 is 2.75 bits per heavy atom. The van der Waals surface area contributed by atoms with E-state index >= 15 is 0 Å². The molecule has 1 aromatic rings. The Kier molecular flexibility index (Phi) is 5.98. The SMILES string of the molecule is Cc1cc(SC2CCCC(C)C2)ccc1CNC(C)C. The number of thioether (sulfide) groups is 1. The van der Waals surface area contributed by atoms with Crippen LogP contribution in [0.1, 0.15) is 57.6 Å². The van der Waals surface area contributed by atoms with E-state index in [9.17, 15) is 0 Å². The molecule has 2 unspecified atom stereocenters. The smallest absolute Gasteiger partial charge is 0.0210 e. The zero-order valence-corrected chi connectivity index (χ0v) is 14.2. The van der Waals surface area contributed by atoms with Crippen LogP contribution in [0.4, 0.5) is 0 Å². The van der Waals surface area contributed by atoms with Crippen LogP contribution in [0.15, 0.2) is 23.1 Å². The Balaban J connectivity index is 1.94. The normalized spacial score (nSPS) is 23.2. The first-order chi connectivity index (χ1) is 9.54. The Morgan fingerprint density at radius 1 is 1.30 bits per heavy atom. The molecule has 20 heavy (non-hydrogen) atoms. The third-order valence-corrected chi connectivity index (χ3v) is 5.49. The van der Waals surface area contributed by atoms with Crippen molar-refractivity contribution in [3.05, 3.63) is 29.3 Å². The maximum absolute atomic E-state index is 3.50. The minimum atomic E-state index is 0.548. The fraction of sp³-hybridized carbons (Fsp3) is 0.667. The predicted octanol–water partition coefficient (Wildman–Crippen LogP) is 5.16. The van der Waals surface area contributed by atoms with E-state index in [1.165, 1.54) is 41.7 Å². The van der Waals surface area contributed by atoms with Crippen molar-refractivity contribution in [2.24, 2.45) is 5.92 Å². The second-order valence-electron chi connectivity index (χ2n) is 6.64. The van der Waals surface area contributed by atoms with Crippen molar-refractivity contribution in [3.8, 4) is 0 Å². The van der Waals surface area contributed by atoms with Gasteiger partial charge < -0.3 is 5.32 Å². The Bertz CT molecular complexity index is 427. The first kappa shape index (κ1) is 15.9. The predicted molar refractivity (Wildman–Crippen MR) is 90.4 cm³/mol. The summed E-state index contributed by atoms with van der Waals surface area (Å²) in [7, 11) is 0. The average molecular weight is 292 g/mol. The lowest BCUT2D eigenvalue weighted by Gasteiger charge is -2.26. The number of rotatable bonds is 5. The number of aryl methyl sites for hydroxylation is 1. The number of benzene rings is 1. The molecule has 0 amide bonds. The molecule has 0 heterocycles. The first-order valence-corrected chi connectivity index (χ1v) is 8.92. The van der Waals surface area contributed by atoms with E-state index in [0.717, 1.165) is 17.7 Å². The second kappa shape index (κ2) is 7.51. The molecule has 1 saturated carbocycles. The molecule has 2 rings (SSSR count). The molecule has 112 valence electrons. The molecule has 1 aromatic carbocycles. The van der Waals surface area contributed by atoms with E-state index in [4.69, 9.17) is 0 Å². The molecule has 2 atom stereocenters. The van der Waals surface area contributed by atoms with Gasteiger partial charge >= 0.3 is 0 Å². The Hall–Kier alpha value is -0.470. The van der Waals surface area contributed by atoms with Crippen LogP contribution < -0.4 is 5.32 Å². The van der Waals surface area contributed by atoms with Crippen molar-refractivity contribution in [1.82, 2.24) is 5.32 Å². The first-order valence-electron chi connectivity index (χ1n) is 8.04. The number of hydrogen-bond acceptors (Lipinski definition) is 2. The molecule has 1 nitrogen and oxygen atoms in total. The van der Waals surface area contributed by atoms with Crippen LogP contribution in [0.2, 0.25) is 0 Å². The van der Waals surface area contributed by atoms with Crippen LogP contribution in [0.25, 0.3) is 0 Å². The fourth-order valence-electron chi connectivity index (χ4n) is 2.93. The van der Waals surface area contributed by atoms with Crippen molar-refractivity contribution < 1.29 is 0 Å². The molecule has 0 aromatic heterocycles. The van der Waals surface area contributed by atoms with Crippen molar-refractivity contribution in [2.75, 3.05) is 0 Å². The molecular formula is C18H29NS. The van der Waals surface area contributed by atoms with Crippen LogP contribution in [-0.2, 0) is 6.54 Å². The van der Waals surface area contributed by atoms with E-state index in [0.29, 0.717) is 6.04 Å². The van der Waals surface area contributed by atoms with Crippen molar-refractivity contribution in [2.45, 2.75) is 76.1 Å². The van der Waals surface area contributed by atoms with E-state index in [2.05, 4.69) is 63.0 Å². The Morgan fingerprint density at radius 2 is 2.10 bits per heavy atom. The summed E-state index contributed by atoms with van der Waals surface area (Å²) in [6, 6.07) is 7.54. The van der Waals surface area contributed by atoms with Gasteiger partial charge in [0.15, 0.2) is 0 Å². The molecular weight excluding hydrogens is 262 g/mol. The lowest BCUT2D eigenvalue weighted by molar-refractivity contribution is 0.394. The van der Waals surface area contributed by atoms with Crippen LogP contribution in [0.3, 0.4) is 0 Å². The minimum absolute atomic E-state index is 0.548. The molecule has 1 N–H and O–H groups in total. The molecule has 1 fully saturated rings. The van der Waals surface area contributed by atoms with Gasteiger partial charge in [-0.3, -0.25) is 0 Å². The third kappa shape index (κ3) is 4.82. The topological polar surface area (TPSA) is 12.0 Å². The third-order valence-electron chi connectivity index (χ3n) is 4.21. The molecule has 1 aliphatic rings. The molecule has 2 heteroatoms. The van der Waals surface area contributed by atoms with Gasteiger partial charge in [-0.05, 0) is 48.9 Å². The highest BCUT2D eigenvalue weighted by Crippen LogP contribution is 2.36. The fourth-order valence-corrected chi connectivity index (χ4v) is 4.42. The average Bonchev–Trinajstić information content (AvgIpc) is 2.37. The maximum atomic E-state index is 3.50. The standard InChI is InChI=1S/C18H29NS/c1-13(2)19-12-16-8-9-18(11-15(16)4)20-17-7-5-6-14(3)10-17/h8-9,11,13-14,17,19H,5-7,10,12H2,1-4H3. The lowest BCUT2D eigenvalue weighted by atomic mass is 9.91. The van der Waals surface area contributed by atoms with Crippen LogP contribution >= 0.6 is 11.8 Å². The second-order valence-corrected chi connectivity index (χ2v) is 8.01. The largest absolute Gasteiger partial charge is 0.310 e. The van der Waals surface area contributed by atoms with Gasteiger partial charge in [-0.2, -0.15) is 0 Å². The summed E-state index contributed by atoms with van der Waals surface area (Å²) in [5.41, 5.74) is 2.85. The Labute approximate surface area is 128 Å². The summed E-state index contributed by atoms with van der Waals surface area (Å²) in [6.07, 6.45) is 5.62. The highest BCUT2D eigenvalue weighted by atomic mass is 32.2. The van der Waals surface area contributed by atoms with Crippen LogP contribution in [0, 0.1) is 12.8 Å². The summed E-state index contributed by atoms with van der Waals surface area (Å²) in [6.45, 7) is 10.0. The molecule has 1 aliphatic carbocycles. The zero-order chi connectivity index (χ0) is 14.5. The van der Waals surface area contributed by atoms with E-state index in [1.807, 2.05) is 0 Å². The minimum Gasteiger partial charge on any atom is -0.310 e. The number of hydrogen-bond donors (Lipinski definition) is 1. The molecule has 0 aliphatic heterocycles. The molecule has 0 bridgehead atoms. The van der Waals surface area contributed by atoms with E-state index in [1.54, 1.807) is 0 Å². The van der Waals surface area contributed by atoms with Crippen LogP contribution in [-0.4, -0.2) is 11.3 Å². The summed E-state index contributed by atoms with van der Waals surface area (Å²) < 4.78 is 0. The van der Waals surface area contributed by atoms with Gasteiger partial charge in [0.25, 0.3) is 0 Å². The van der Waals surface area contributed by atoms with Crippen LogP contribution in [0.5, 0.6) is 0 Å². The van der Waals surface area contributed by atoms with Gasteiger partial charge in [-0.25, -0.2) is 0 Å². The van der Waals surface area contributed by atoms with Gasteiger partial charge in [0.05, 0.1) is 0 Å². The summed E-state index contributed by atoms with van der Waals surface area (Å²) in [5, 5.41) is 4.33. The van der Waals surface area contributed by atoms with Gasteiger partial charge in [0.1, 0.15) is 0 Å². The highest BCUT2D eigenvalue weighted by Gasteiger charge is 2.19. The molecule has 0 spiro atoms. The lowest BCUT2D eigenvalue weighted by Crippen LogP contribution is -2.22. The van der Waals surface area contributed by atoms with Gasteiger partial charge in [-0.15, -0.1) is 11.8 Å². The van der Waals surface area contributed by atoms with Crippen molar-refractivity contribution in [1.29, 1.82) is 0 Å². The van der Waals surface area contributed by atoms with Gasteiger partial charge in [0.2, 0.25) is 0 Å². The zero-order valence-electron chi connectivity index (χ0n) is 13.4. The monoisotopic (exact) mass is 291 g/mol. The summed E-state index contributed by atoms with van der Waals surface area (Å²) in [5.74, 6) is 0.914. The molecule has 0 saturated heterocycles. The summed E-state index contributed by atoms with van der Waals surface area (Å²) in [4.78, 5) is 1.45. The molecule has 0 radical (unpaired) electrons. The van der Waals surface area contributed by atoms with Crippen molar-refractivity contribution in [3.63, 3.8) is 0 Å². The van der Waals surface area contributed by atoms with Gasteiger partial charge in [0, 0.05) is 22.7 Å². The van der Waals surface area contributed by atoms with E-state index in [-0.39, 0.29) is 0 Å². The maximum Gasteiger partial charge on any atom is 0.0210 e. The van der Waals surface area contributed by atoms with E-state index < -0.39 is 0 Å². The quantitative estimate of drug-likeness (QED) is 0.804. The summed E-state index contributed by atoms with van der Waals surface area (Å²) >= 11 is 2.10. The van der Waals surface area contributed by atoms with Gasteiger partial charge in [-0.1, -0.05) is 39.7 Å².